The molecule has 0 aliphatic carbocycles. The van der Waals surface area contributed by atoms with E-state index in [2.05, 4.69) is 50.5 Å². The molecule has 0 saturated heterocycles. The molecule has 0 saturated carbocycles. The summed E-state index contributed by atoms with van der Waals surface area (Å²) in [6, 6.07) is 4.17. The van der Waals surface area contributed by atoms with Crippen LogP contribution in [0.25, 0.3) is 11.0 Å². The lowest BCUT2D eigenvalue weighted by molar-refractivity contribution is 1.03. The summed E-state index contributed by atoms with van der Waals surface area (Å²) in [6.07, 6.45) is 10.7. The van der Waals surface area contributed by atoms with E-state index in [9.17, 15) is 0 Å². The molecule has 0 atom stereocenters. The summed E-state index contributed by atoms with van der Waals surface area (Å²) in [5.74, 6) is 0. The first kappa shape index (κ1) is 15.1. The lowest BCUT2D eigenvalue weighted by Crippen LogP contribution is -1.94. The van der Waals surface area contributed by atoms with Crippen LogP contribution in [-0.2, 0) is 6.42 Å². The Bertz CT molecular complexity index is 683. The van der Waals surface area contributed by atoms with Gasteiger partial charge in [-0.1, -0.05) is 31.7 Å². The maximum atomic E-state index is 4.52. The second-order valence-electron chi connectivity index (χ2n) is 4.21. The van der Waals surface area contributed by atoms with Gasteiger partial charge in [0.25, 0.3) is 0 Å². The minimum atomic E-state index is 0.965. The third-order valence-corrected chi connectivity index (χ3v) is 4.62. The molecule has 20 heavy (non-hydrogen) atoms. The normalized spacial score (nSPS) is 12.4. The largest absolute Gasteiger partial charge is 0.268 e. The van der Waals surface area contributed by atoms with E-state index in [1.54, 1.807) is 11.9 Å². The Hall–Kier alpha value is -1.26. The van der Waals surface area contributed by atoms with Gasteiger partial charge in [-0.2, -0.15) is 0 Å². The first-order valence-corrected chi connectivity index (χ1v) is 8.06. The van der Waals surface area contributed by atoms with E-state index in [0.717, 1.165) is 26.8 Å². The zero-order valence-corrected chi connectivity index (χ0v) is 14.0. The fourth-order valence-corrected chi connectivity index (χ4v) is 3.45. The van der Waals surface area contributed by atoms with Crippen molar-refractivity contribution in [3.8, 4) is 0 Å². The molecule has 0 unspecified atom stereocenters. The summed E-state index contributed by atoms with van der Waals surface area (Å²) in [6.45, 7) is 7.95. The third-order valence-electron chi connectivity index (χ3n) is 2.85. The van der Waals surface area contributed by atoms with Crippen LogP contribution in [0.5, 0.6) is 0 Å². The van der Waals surface area contributed by atoms with Crippen LogP contribution in [0, 0.1) is 0 Å². The molecule has 0 aromatic carbocycles. The molecule has 4 heteroatoms. The van der Waals surface area contributed by atoms with Crippen LogP contribution in [0.4, 0.5) is 0 Å². The monoisotopic (exact) mass is 348 g/mol. The smallest absolute Gasteiger partial charge is 0.151 e. The van der Waals surface area contributed by atoms with E-state index in [-0.39, 0.29) is 0 Å². The molecule has 2 aromatic heterocycles. The van der Waals surface area contributed by atoms with Crippen LogP contribution < -0.4 is 0 Å². The summed E-state index contributed by atoms with van der Waals surface area (Å²) in [5, 5.41) is 1.15. The quantitative estimate of drug-likeness (QED) is 0.663. The van der Waals surface area contributed by atoms with Crippen LogP contribution in [0.3, 0.4) is 0 Å². The highest BCUT2D eigenvalue weighted by Crippen LogP contribution is 2.32. The lowest BCUT2D eigenvalue weighted by atomic mass is 10.3. The topological polar surface area (TPSA) is 17.8 Å². The van der Waals surface area contributed by atoms with Gasteiger partial charge in [0.15, 0.2) is 5.65 Å². The molecular formula is C16H17BrN2S. The molecule has 104 valence electrons. The van der Waals surface area contributed by atoms with Crippen molar-refractivity contribution in [1.82, 2.24) is 8.96 Å². The molecule has 0 bridgehead atoms. The zero-order valence-electron chi connectivity index (χ0n) is 11.6. The van der Waals surface area contributed by atoms with Gasteiger partial charge in [0.05, 0.1) is 0 Å². The number of hydrogen-bond donors (Lipinski definition) is 0. The van der Waals surface area contributed by atoms with Crippen molar-refractivity contribution in [2.24, 2.45) is 0 Å². The number of halogens is 1. The predicted octanol–water partition coefficient (Wildman–Crippen LogP) is 5.50. The fourth-order valence-electron chi connectivity index (χ4n) is 1.95. The van der Waals surface area contributed by atoms with E-state index in [1.807, 2.05) is 37.4 Å². The summed E-state index contributed by atoms with van der Waals surface area (Å²) >= 11 is 5.26. The average molecular weight is 349 g/mol. The number of aromatic nitrogens is 2. The predicted molar refractivity (Wildman–Crippen MR) is 92.9 cm³/mol. The van der Waals surface area contributed by atoms with Gasteiger partial charge >= 0.3 is 0 Å². The van der Waals surface area contributed by atoms with Crippen molar-refractivity contribution in [2.45, 2.75) is 20.3 Å². The summed E-state index contributed by atoms with van der Waals surface area (Å²) in [4.78, 5) is 5.65. The Morgan fingerprint density at radius 1 is 1.55 bits per heavy atom. The molecule has 0 aliphatic heterocycles. The van der Waals surface area contributed by atoms with Crippen molar-refractivity contribution in [3.63, 3.8) is 0 Å². The molecule has 2 rings (SSSR count). The second kappa shape index (κ2) is 6.95. The van der Waals surface area contributed by atoms with E-state index in [0.29, 0.717) is 0 Å². The van der Waals surface area contributed by atoms with Crippen molar-refractivity contribution in [3.05, 3.63) is 64.3 Å². The van der Waals surface area contributed by atoms with Gasteiger partial charge in [-0.25, -0.2) is 4.98 Å². The summed E-state index contributed by atoms with van der Waals surface area (Å²) in [5.41, 5.74) is 2.24. The lowest BCUT2D eigenvalue weighted by Gasteiger charge is -2.08. The molecule has 0 aliphatic rings. The van der Waals surface area contributed by atoms with Crippen LogP contribution in [0.2, 0.25) is 0 Å². The number of hydrogen-bond acceptors (Lipinski definition) is 2. The van der Waals surface area contributed by atoms with Gasteiger partial charge in [-0.3, -0.25) is 3.97 Å². The Morgan fingerprint density at radius 3 is 3.00 bits per heavy atom. The van der Waals surface area contributed by atoms with Crippen LogP contribution >= 0.6 is 27.9 Å². The van der Waals surface area contributed by atoms with Gasteiger partial charge in [0.2, 0.25) is 0 Å². The highest BCUT2D eigenvalue weighted by atomic mass is 79.9. The minimum Gasteiger partial charge on any atom is -0.268 e. The van der Waals surface area contributed by atoms with Crippen molar-refractivity contribution in [1.29, 1.82) is 0 Å². The van der Waals surface area contributed by atoms with E-state index in [1.165, 1.54) is 5.69 Å². The third kappa shape index (κ3) is 3.07. The second-order valence-corrected chi connectivity index (χ2v) is 6.08. The van der Waals surface area contributed by atoms with Crippen LogP contribution in [0.1, 0.15) is 19.5 Å². The highest BCUT2D eigenvalue weighted by molar-refractivity contribution is 9.10. The number of nitrogens with zero attached hydrogens (tertiary/aromatic N) is 2. The molecule has 0 spiro atoms. The Balaban J connectivity index is 2.55. The SMILES string of the molecule is C=C/C=C(\C=C/C)Sn1c(CC)cc2c(Br)ccnc21. The minimum absolute atomic E-state index is 0.965. The van der Waals surface area contributed by atoms with Crippen LogP contribution in [0.15, 0.2) is 58.6 Å². The standard InChI is InChI=1S/C16H17BrN2S/c1-4-7-13(8-5-2)20-19-12(6-3)11-14-15(17)9-10-18-16(14)19/h4-5,7-11H,1,6H2,2-3H3/b8-5-,13-7+. The van der Waals surface area contributed by atoms with Gasteiger partial charge in [0.1, 0.15) is 0 Å². The van der Waals surface area contributed by atoms with Crippen molar-refractivity contribution in [2.75, 3.05) is 0 Å². The molecule has 2 nitrogen and oxygen atoms in total. The molecule has 2 aromatic rings. The number of allylic oxidation sites excluding steroid dienone is 4. The van der Waals surface area contributed by atoms with Gasteiger partial charge < -0.3 is 0 Å². The zero-order chi connectivity index (χ0) is 14.5. The summed E-state index contributed by atoms with van der Waals surface area (Å²) in [7, 11) is 0. The maximum Gasteiger partial charge on any atom is 0.151 e. The molecule has 2 heterocycles. The molecule has 0 amide bonds. The number of fused-ring (bicyclic) bond motifs is 1. The Morgan fingerprint density at radius 2 is 2.35 bits per heavy atom. The van der Waals surface area contributed by atoms with E-state index in [4.69, 9.17) is 0 Å². The summed E-state index contributed by atoms with van der Waals surface area (Å²) < 4.78 is 3.27. The maximum absolute atomic E-state index is 4.52. The number of pyridine rings is 1. The van der Waals surface area contributed by atoms with Gasteiger partial charge in [-0.05, 0) is 59.4 Å². The molecule has 0 radical (unpaired) electrons. The number of aryl methyl sites for hydroxylation is 1. The first-order chi connectivity index (χ1) is 9.71. The highest BCUT2D eigenvalue weighted by Gasteiger charge is 2.12. The first-order valence-electron chi connectivity index (χ1n) is 6.49. The Kier molecular flexibility index (Phi) is 5.26. The van der Waals surface area contributed by atoms with Crippen LogP contribution in [-0.4, -0.2) is 8.96 Å². The fraction of sp³-hybridized carbons (Fsp3) is 0.188. The molecular weight excluding hydrogens is 332 g/mol. The van der Waals surface area contributed by atoms with E-state index < -0.39 is 0 Å². The van der Waals surface area contributed by atoms with Gasteiger partial charge in [0, 0.05) is 26.7 Å². The number of rotatable bonds is 5. The van der Waals surface area contributed by atoms with Crippen molar-refractivity contribution < 1.29 is 0 Å². The molecule has 0 fully saturated rings. The molecule has 0 N–H and O–H groups in total. The van der Waals surface area contributed by atoms with E-state index >= 15 is 0 Å². The average Bonchev–Trinajstić information content (AvgIpc) is 2.79. The van der Waals surface area contributed by atoms with Crippen molar-refractivity contribution >= 4 is 38.9 Å². The van der Waals surface area contributed by atoms with Gasteiger partial charge in [-0.15, -0.1) is 0 Å². The Labute approximate surface area is 132 Å².